The van der Waals surface area contributed by atoms with Crippen molar-refractivity contribution in [2.24, 2.45) is 0 Å². The van der Waals surface area contributed by atoms with Crippen molar-refractivity contribution in [1.82, 2.24) is 15.2 Å². The van der Waals surface area contributed by atoms with Crippen LogP contribution in [0.2, 0.25) is 0 Å². The van der Waals surface area contributed by atoms with Crippen LogP contribution in [-0.4, -0.2) is 41.4 Å². The van der Waals surface area contributed by atoms with Gasteiger partial charge >= 0.3 is 0 Å². The van der Waals surface area contributed by atoms with Crippen molar-refractivity contribution in [3.05, 3.63) is 71.2 Å². The van der Waals surface area contributed by atoms with E-state index < -0.39 is 0 Å². The van der Waals surface area contributed by atoms with Gasteiger partial charge in [-0.1, -0.05) is 49.4 Å². The van der Waals surface area contributed by atoms with E-state index in [-0.39, 0.29) is 24.4 Å². The van der Waals surface area contributed by atoms with Gasteiger partial charge < -0.3 is 20.3 Å². The van der Waals surface area contributed by atoms with Gasteiger partial charge in [-0.3, -0.25) is 9.59 Å². The fourth-order valence-corrected chi connectivity index (χ4v) is 3.75. The Morgan fingerprint density at radius 2 is 1.84 bits per heavy atom. The molecule has 32 heavy (non-hydrogen) atoms. The zero-order valence-electron chi connectivity index (χ0n) is 18.5. The molecular formula is C24H28N4O3S. The van der Waals surface area contributed by atoms with Crippen LogP contribution in [0.1, 0.15) is 36.3 Å². The van der Waals surface area contributed by atoms with E-state index in [0.29, 0.717) is 23.1 Å². The van der Waals surface area contributed by atoms with Crippen LogP contribution in [0, 0.1) is 0 Å². The molecule has 2 N–H and O–H groups in total. The van der Waals surface area contributed by atoms with Gasteiger partial charge in [0.25, 0.3) is 5.91 Å². The van der Waals surface area contributed by atoms with E-state index in [1.807, 2.05) is 68.4 Å². The normalized spacial score (nSPS) is 11.5. The summed E-state index contributed by atoms with van der Waals surface area (Å²) in [5.74, 6) is 0.201. The van der Waals surface area contributed by atoms with Gasteiger partial charge in [0, 0.05) is 18.0 Å². The van der Waals surface area contributed by atoms with Gasteiger partial charge in [-0.05, 0) is 31.0 Å². The number of ether oxygens (including phenoxy) is 1. The van der Waals surface area contributed by atoms with Gasteiger partial charge in [-0.15, -0.1) is 11.3 Å². The molecule has 2 aromatic carbocycles. The second-order valence-electron chi connectivity index (χ2n) is 7.39. The molecule has 1 heterocycles. The summed E-state index contributed by atoms with van der Waals surface area (Å²) < 4.78 is 5.36. The summed E-state index contributed by atoms with van der Waals surface area (Å²) in [4.78, 5) is 31.8. The molecule has 1 aromatic heterocycles. The molecule has 3 rings (SSSR count). The number of para-hydroxylation sites is 2. The number of carbonyl (C=O) groups excluding carboxylic acids is 2. The summed E-state index contributed by atoms with van der Waals surface area (Å²) in [6, 6.07) is 17.2. The quantitative estimate of drug-likeness (QED) is 0.475. The summed E-state index contributed by atoms with van der Waals surface area (Å²) in [6.45, 7) is 4.23. The fourth-order valence-electron chi connectivity index (χ4n) is 3.05. The highest BCUT2D eigenvalue weighted by Crippen LogP contribution is 2.29. The highest BCUT2D eigenvalue weighted by atomic mass is 32.1. The summed E-state index contributed by atoms with van der Waals surface area (Å²) in [5, 5.41) is 8.39. The maximum absolute atomic E-state index is 13.3. The number of carbonyl (C=O) groups is 2. The molecule has 0 radical (unpaired) electrons. The molecule has 2 amide bonds. The van der Waals surface area contributed by atoms with Crippen LogP contribution in [-0.2, 0) is 11.3 Å². The van der Waals surface area contributed by atoms with Crippen LogP contribution in [0.4, 0.5) is 10.8 Å². The van der Waals surface area contributed by atoms with Gasteiger partial charge in [0.05, 0.1) is 12.8 Å². The minimum absolute atomic E-state index is 0.0368. The smallest absolute Gasteiger partial charge is 0.274 e. The number of hydrogen-bond donors (Lipinski definition) is 2. The van der Waals surface area contributed by atoms with Crippen LogP contribution in [0.3, 0.4) is 0 Å². The molecule has 0 aliphatic heterocycles. The summed E-state index contributed by atoms with van der Waals surface area (Å²) in [7, 11) is 1.60. The molecule has 0 saturated carbocycles. The SMILES string of the molecule is CCC(C)NC(=O)CN(Cc1ccccc1)C(=O)c1csc(Nc2ccccc2OC)n1. The molecule has 0 aliphatic rings. The molecular weight excluding hydrogens is 424 g/mol. The number of hydrogen-bond acceptors (Lipinski definition) is 6. The Bertz CT molecular complexity index is 1040. The molecule has 0 spiro atoms. The first-order valence-corrected chi connectivity index (χ1v) is 11.4. The topological polar surface area (TPSA) is 83.6 Å². The molecule has 1 atom stereocenters. The van der Waals surface area contributed by atoms with Crippen molar-refractivity contribution in [2.75, 3.05) is 19.0 Å². The highest BCUT2D eigenvalue weighted by molar-refractivity contribution is 7.14. The maximum atomic E-state index is 13.3. The Balaban J connectivity index is 1.77. The predicted octanol–water partition coefficient (Wildman–Crippen LogP) is 4.45. The number of amides is 2. The van der Waals surface area contributed by atoms with E-state index >= 15 is 0 Å². The van der Waals surface area contributed by atoms with Crippen LogP contribution >= 0.6 is 11.3 Å². The standard InChI is InChI=1S/C24H28N4O3S/c1-4-17(2)25-22(29)15-28(14-18-10-6-5-7-11-18)23(30)20-16-32-24(27-20)26-19-12-8-9-13-21(19)31-3/h5-13,16-17H,4,14-15H2,1-3H3,(H,25,29)(H,26,27). The number of thiazole rings is 1. The average Bonchev–Trinajstić information content (AvgIpc) is 3.27. The number of nitrogens with one attached hydrogen (secondary N) is 2. The number of methoxy groups -OCH3 is 1. The Morgan fingerprint density at radius 3 is 2.56 bits per heavy atom. The lowest BCUT2D eigenvalue weighted by Gasteiger charge is -2.22. The van der Waals surface area contributed by atoms with E-state index in [0.717, 1.165) is 17.7 Å². The Morgan fingerprint density at radius 1 is 1.12 bits per heavy atom. The first-order valence-electron chi connectivity index (χ1n) is 10.5. The van der Waals surface area contributed by atoms with Gasteiger partial charge in [-0.25, -0.2) is 4.98 Å². The van der Waals surface area contributed by atoms with Crippen molar-refractivity contribution >= 4 is 34.0 Å². The second kappa shape index (κ2) is 11.3. The van der Waals surface area contributed by atoms with Crippen LogP contribution < -0.4 is 15.4 Å². The van der Waals surface area contributed by atoms with Crippen LogP contribution in [0.15, 0.2) is 60.0 Å². The summed E-state index contributed by atoms with van der Waals surface area (Å²) >= 11 is 1.32. The minimum atomic E-state index is -0.294. The van der Waals surface area contributed by atoms with Crippen LogP contribution in [0.5, 0.6) is 5.75 Å². The maximum Gasteiger partial charge on any atom is 0.274 e. The number of nitrogens with zero attached hydrogens (tertiary/aromatic N) is 2. The van der Waals surface area contributed by atoms with Gasteiger partial charge in [0.2, 0.25) is 5.91 Å². The van der Waals surface area contributed by atoms with Crippen molar-refractivity contribution in [1.29, 1.82) is 0 Å². The summed E-state index contributed by atoms with van der Waals surface area (Å²) in [5.41, 5.74) is 2.00. The number of benzene rings is 2. The van der Waals surface area contributed by atoms with Crippen molar-refractivity contribution in [3.63, 3.8) is 0 Å². The second-order valence-corrected chi connectivity index (χ2v) is 8.24. The Hall–Kier alpha value is -3.39. The molecule has 8 heteroatoms. The molecule has 168 valence electrons. The molecule has 0 saturated heterocycles. The number of rotatable bonds is 10. The van der Waals surface area contributed by atoms with Crippen molar-refractivity contribution < 1.29 is 14.3 Å². The Kier molecular flexibility index (Phi) is 8.21. The van der Waals surface area contributed by atoms with Gasteiger partial charge in [0.1, 0.15) is 18.0 Å². The fraction of sp³-hybridized carbons (Fsp3) is 0.292. The average molecular weight is 453 g/mol. The van der Waals surface area contributed by atoms with E-state index in [1.54, 1.807) is 12.5 Å². The summed E-state index contributed by atoms with van der Waals surface area (Å²) in [6.07, 6.45) is 0.822. The zero-order chi connectivity index (χ0) is 22.9. The first kappa shape index (κ1) is 23.3. The van der Waals surface area contributed by atoms with E-state index in [9.17, 15) is 9.59 Å². The third kappa shape index (κ3) is 6.31. The Labute approximate surface area is 192 Å². The number of anilines is 2. The molecule has 0 fully saturated rings. The van der Waals surface area contributed by atoms with E-state index in [4.69, 9.17) is 4.74 Å². The molecule has 0 bridgehead atoms. The van der Waals surface area contributed by atoms with Gasteiger partial charge in [-0.2, -0.15) is 0 Å². The zero-order valence-corrected chi connectivity index (χ0v) is 19.3. The number of aromatic nitrogens is 1. The highest BCUT2D eigenvalue weighted by Gasteiger charge is 2.22. The minimum Gasteiger partial charge on any atom is -0.495 e. The van der Waals surface area contributed by atoms with E-state index in [1.165, 1.54) is 16.2 Å². The molecule has 0 aliphatic carbocycles. The first-order chi connectivity index (χ1) is 15.5. The van der Waals surface area contributed by atoms with Crippen molar-refractivity contribution in [2.45, 2.75) is 32.9 Å². The molecule has 7 nitrogen and oxygen atoms in total. The largest absolute Gasteiger partial charge is 0.495 e. The van der Waals surface area contributed by atoms with Crippen molar-refractivity contribution in [3.8, 4) is 5.75 Å². The predicted molar refractivity (Wildman–Crippen MR) is 127 cm³/mol. The van der Waals surface area contributed by atoms with Crippen LogP contribution in [0.25, 0.3) is 0 Å². The lowest BCUT2D eigenvalue weighted by atomic mass is 10.2. The monoisotopic (exact) mass is 452 g/mol. The molecule has 3 aromatic rings. The molecule has 1 unspecified atom stereocenters. The third-order valence-electron chi connectivity index (χ3n) is 4.93. The van der Waals surface area contributed by atoms with Gasteiger partial charge in [0.15, 0.2) is 5.13 Å². The lowest BCUT2D eigenvalue weighted by Crippen LogP contribution is -2.43. The third-order valence-corrected chi connectivity index (χ3v) is 5.69. The lowest BCUT2D eigenvalue weighted by molar-refractivity contribution is -0.122. The van der Waals surface area contributed by atoms with E-state index in [2.05, 4.69) is 15.6 Å².